The molecule has 1 N–H and O–H groups in total. The highest BCUT2D eigenvalue weighted by molar-refractivity contribution is 7.87. The Labute approximate surface area is 159 Å². The van der Waals surface area contributed by atoms with Crippen molar-refractivity contribution >= 4 is 21.8 Å². The van der Waals surface area contributed by atoms with Gasteiger partial charge in [0.2, 0.25) is 0 Å². The van der Waals surface area contributed by atoms with Gasteiger partial charge >= 0.3 is 21.6 Å². The third kappa shape index (κ3) is 2.91. The molecule has 150 valence electrons. The van der Waals surface area contributed by atoms with Crippen molar-refractivity contribution in [3.8, 4) is 0 Å². The van der Waals surface area contributed by atoms with Gasteiger partial charge in [-0.1, -0.05) is 30.3 Å². The van der Waals surface area contributed by atoms with Crippen molar-refractivity contribution in [3.63, 3.8) is 0 Å². The minimum Gasteiger partial charge on any atom is -0.478 e. The largest absolute Gasteiger partial charge is 0.523 e. The summed E-state index contributed by atoms with van der Waals surface area (Å²) in [4.78, 5) is 13.1. The van der Waals surface area contributed by atoms with Crippen LogP contribution in [0.5, 0.6) is 0 Å². The number of allylic oxidation sites excluding steroid dienone is 1. The zero-order valence-corrected chi connectivity index (χ0v) is 15.2. The van der Waals surface area contributed by atoms with E-state index in [-0.39, 0.29) is 24.5 Å². The number of rotatable bonds is 3. The van der Waals surface area contributed by atoms with E-state index in [1.54, 1.807) is 35.2 Å². The van der Waals surface area contributed by atoms with Gasteiger partial charge < -0.3 is 10.0 Å². The summed E-state index contributed by atoms with van der Waals surface area (Å²) in [5.74, 6) is -1.70. The summed E-state index contributed by atoms with van der Waals surface area (Å²) in [7, 11) is -5.73. The maximum absolute atomic E-state index is 12.8. The molecule has 1 saturated carbocycles. The summed E-state index contributed by atoms with van der Waals surface area (Å²) in [5, 5.41) is 9.31. The molecule has 28 heavy (non-hydrogen) atoms. The van der Waals surface area contributed by atoms with Crippen LogP contribution in [0.15, 0.2) is 42.1 Å². The van der Waals surface area contributed by atoms with Crippen LogP contribution >= 0.6 is 0 Å². The van der Waals surface area contributed by atoms with Gasteiger partial charge in [0.1, 0.15) is 0 Å². The summed E-state index contributed by atoms with van der Waals surface area (Å²) in [6.45, 7) is 0. The Morgan fingerprint density at radius 1 is 1.21 bits per heavy atom. The van der Waals surface area contributed by atoms with Crippen molar-refractivity contribution in [2.45, 2.75) is 42.8 Å². The van der Waals surface area contributed by atoms with Crippen molar-refractivity contribution in [2.24, 2.45) is 0 Å². The lowest BCUT2D eigenvalue weighted by atomic mass is 9.81. The van der Waals surface area contributed by atoms with Gasteiger partial charge in [-0.25, -0.2) is 4.79 Å². The number of hydrogen-bond acceptors (Lipinski definition) is 5. The summed E-state index contributed by atoms with van der Waals surface area (Å²) >= 11 is 0. The number of nitrogens with zero attached hydrogens (tertiary/aromatic N) is 1. The van der Waals surface area contributed by atoms with Gasteiger partial charge in [0, 0.05) is 35.8 Å². The standard InChI is InChI=1S/C18H16F3NO5S/c19-18(20,21)28(25,26)27-15-8-7-14-16(15)12-4-2-1-3-11(12)13-6-5-10(17(23)24)9-22(13)14/h1-4,6,9,14-16H,5,7-8H2,(H,23,24). The number of halogens is 3. The van der Waals surface area contributed by atoms with Crippen LogP contribution < -0.4 is 0 Å². The second-order valence-corrected chi connectivity index (χ2v) is 8.52. The van der Waals surface area contributed by atoms with Crippen LogP contribution in [0.2, 0.25) is 0 Å². The Morgan fingerprint density at radius 2 is 1.93 bits per heavy atom. The van der Waals surface area contributed by atoms with E-state index < -0.39 is 33.6 Å². The lowest BCUT2D eigenvalue weighted by molar-refractivity contribution is -0.132. The lowest BCUT2D eigenvalue weighted by Gasteiger charge is -2.43. The minimum atomic E-state index is -5.73. The Bertz CT molecular complexity index is 999. The number of carboxylic acids is 1. The van der Waals surface area contributed by atoms with E-state index in [2.05, 4.69) is 4.18 Å². The fourth-order valence-electron chi connectivity index (χ4n) is 4.28. The Hall–Kier alpha value is -2.33. The molecule has 6 nitrogen and oxygen atoms in total. The fraction of sp³-hybridized carbons (Fsp3) is 0.389. The number of benzene rings is 1. The van der Waals surface area contributed by atoms with E-state index in [0.29, 0.717) is 12.0 Å². The molecule has 2 heterocycles. The average molecular weight is 415 g/mol. The summed E-state index contributed by atoms with van der Waals surface area (Å²) in [6, 6.07) is 6.66. The van der Waals surface area contributed by atoms with E-state index in [4.69, 9.17) is 0 Å². The zero-order chi connectivity index (χ0) is 20.3. The number of fused-ring (bicyclic) bond motifs is 6. The monoisotopic (exact) mass is 415 g/mol. The van der Waals surface area contributed by atoms with Crippen LogP contribution in [0.1, 0.15) is 36.3 Å². The molecule has 1 fully saturated rings. The predicted molar refractivity (Wildman–Crippen MR) is 92.2 cm³/mol. The molecule has 0 bridgehead atoms. The first-order valence-electron chi connectivity index (χ1n) is 8.61. The van der Waals surface area contributed by atoms with Crippen molar-refractivity contribution in [1.29, 1.82) is 0 Å². The lowest BCUT2D eigenvalue weighted by Crippen LogP contribution is -2.42. The van der Waals surface area contributed by atoms with Crippen molar-refractivity contribution in [3.05, 3.63) is 53.2 Å². The smallest absolute Gasteiger partial charge is 0.478 e. The van der Waals surface area contributed by atoms with Gasteiger partial charge in [-0.05, 0) is 18.4 Å². The molecule has 0 spiro atoms. The third-order valence-electron chi connectivity index (χ3n) is 5.41. The molecule has 1 aromatic rings. The van der Waals surface area contributed by atoms with Gasteiger partial charge in [-0.2, -0.15) is 21.6 Å². The van der Waals surface area contributed by atoms with Gasteiger partial charge in [-0.3, -0.25) is 4.18 Å². The molecule has 4 rings (SSSR count). The average Bonchev–Trinajstić information content (AvgIpc) is 3.04. The molecule has 3 atom stereocenters. The van der Waals surface area contributed by atoms with Gasteiger partial charge in [0.05, 0.1) is 11.7 Å². The third-order valence-corrected chi connectivity index (χ3v) is 6.48. The number of hydrogen-bond donors (Lipinski definition) is 1. The SMILES string of the molecule is O=C(O)C1=CN2C(=CC1)c1ccccc1C1C(OS(=O)(=O)C(F)(F)F)CCC12. The molecule has 1 aliphatic carbocycles. The molecule has 2 aliphatic heterocycles. The van der Waals surface area contributed by atoms with Gasteiger partial charge in [-0.15, -0.1) is 0 Å². The number of carbonyl (C=O) groups is 1. The highest BCUT2D eigenvalue weighted by atomic mass is 32.2. The molecule has 0 aromatic heterocycles. The number of alkyl halides is 3. The van der Waals surface area contributed by atoms with E-state index in [1.165, 1.54) is 6.20 Å². The summed E-state index contributed by atoms with van der Waals surface area (Å²) in [5.41, 5.74) is -3.10. The Morgan fingerprint density at radius 3 is 2.61 bits per heavy atom. The van der Waals surface area contributed by atoms with Crippen LogP contribution in [0, 0.1) is 0 Å². The molecular weight excluding hydrogens is 399 g/mol. The second kappa shape index (κ2) is 6.35. The molecule has 10 heteroatoms. The van der Waals surface area contributed by atoms with E-state index in [0.717, 1.165) is 11.3 Å². The maximum Gasteiger partial charge on any atom is 0.523 e. The van der Waals surface area contributed by atoms with Crippen LogP contribution in [0.3, 0.4) is 0 Å². The van der Waals surface area contributed by atoms with Gasteiger partial charge in [0.25, 0.3) is 0 Å². The number of aliphatic carboxylic acids is 1. The minimum absolute atomic E-state index is 0.110. The quantitative estimate of drug-likeness (QED) is 0.603. The van der Waals surface area contributed by atoms with Gasteiger partial charge in [0.15, 0.2) is 0 Å². The fourth-order valence-corrected chi connectivity index (χ4v) is 4.93. The molecule has 0 amide bonds. The molecule has 3 aliphatic rings. The predicted octanol–water partition coefficient (Wildman–Crippen LogP) is 3.20. The van der Waals surface area contributed by atoms with Crippen LogP contribution in [-0.4, -0.2) is 42.0 Å². The normalized spacial score (nSPS) is 26.7. The second-order valence-electron chi connectivity index (χ2n) is 6.95. The highest BCUT2D eigenvalue weighted by Crippen LogP contribution is 2.50. The maximum atomic E-state index is 12.8. The molecule has 1 aromatic carbocycles. The molecule has 3 unspecified atom stereocenters. The summed E-state index contributed by atoms with van der Waals surface area (Å²) < 4.78 is 66.1. The molecular formula is C18H16F3NO5S. The summed E-state index contributed by atoms with van der Waals surface area (Å²) in [6.07, 6.45) is 2.81. The Balaban J connectivity index is 1.77. The van der Waals surface area contributed by atoms with Crippen LogP contribution in [0.4, 0.5) is 13.2 Å². The number of carboxylic acid groups (broad SMARTS) is 1. The topological polar surface area (TPSA) is 83.9 Å². The first-order valence-corrected chi connectivity index (χ1v) is 10.0. The molecule has 0 saturated heterocycles. The van der Waals surface area contributed by atoms with Crippen molar-refractivity contribution < 1.29 is 35.7 Å². The van der Waals surface area contributed by atoms with E-state index in [1.807, 2.05) is 0 Å². The van der Waals surface area contributed by atoms with E-state index in [9.17, 15) is 31.5 Å². The van der Waals surface area contributed by atoms with Crippen molar-refractivity contribution in [1.82, 2.24) is 4.90 Å². The van der Waals surface area contributed by atoms with Crippen molar-refractivity contribution in [2.75, 3.05) is 0 Å². The zero-order valence-electron chi connectivity index (χ0n) is 14.4. The van der Waals surface area contributed by atoms with E-state index >= 15 is 0 Å². The molecule has 0 radical (unpaired) electrons. The first-order chi connectivity index (χ1) is 13.1. The van der Waals surface area contributed by atoms with Crippen LogP contribution in [0.25, 0.3) is 5.70 Å². The van der Waals surface area contributed by atoms with Crippen LogP contribution in [-0.2, 0) is 19.1 Å². The Kier molecular flexibility index (Phi) is 4.31. The highest BCUT2D eigenvalue weighted by Gasteiger charge is 2.53. The first kappa shape index (κ1) is 19.0.